The molecule has 18 heavy (non-hydrogen) atoms. The fourth-order valence-corrected chi connectivity index (χ4v) is 3.72. The smallest absolute Gasteiger partial charge is 0.0713 e. The van der Waals surface area contributed by atoms with E-state index in [1.54, 1.807) is 7.11 Å². The van der Waals surface area contributed by atoms with Crippen molar-refractivity contribution in [1.82, 2.24) is 5.32 Å². The zero-order chi connectivity index (χ0) is 12.8. The van der Waals surface area contributed by atoms with Crippen molar-refractivity contribution in [1.29, 1.82) is 0 Å². The minimum absolute atomic E-state index is 0.449. The van der Waals surface area contributed by atoms with Crippen LogP contribution in [0.1, 0.15) is 30.9 Å². The predicted molar refractivity (Wildman–Crippen MR) is 79.0 cm³/mol. The third-order valence-electron chi connectivity index (χ3n) is 3.43. The Labute approximate surface area is 114 Å². The molecule has 0 aliphatic carbocycles. The summed E-state index contributed by atoms with van der Waals surface area (Å²) in [5.41, 5.74) is 2.59. The molecule has 1 N–H and O–H groups in total. The van der Waals surface area contributed by atoms with Crippen molar-refractivity contribution in [2.24, 2.45) is 0 Å². The highest BCUT2D eigenvalue weighted by atomic mass is 32.2. The van der Waals surface area contributed by atoms with Gasteiger partial charge in [0.2, 0.25) is 0 Å². The van der Waals surface area contributed by atoms with Crippen molar-refractivity contribution in [3.63, 3.8) is 0 Å². The first kappa shape index (κ1) is 13.9. The quantitative estimate of drug-likeness (QED) is 0.853. The molecule has 1 aromatic carbocycles. The average molecular weight is 265 g/mol. The molecule has 0 amide bonds. The standard InChI is InChI=1S/C15H23NOS/c1-15(7-4-8-18-15)12-16-10-13-5-3-6-14(9-13)11-17-2/h3,5-6,9,16H,4,7-8,10-12H2,1-2H3. The third-order valence-corrected chi connectivity index (χ3v) is 4.97. The number of hydrogen-bond acceptors (Lipinski definition) is 3. The highest BCUT2D eigenvalue weighted by Gasteiger charge is 2.28. The van der Waals surface area contributed by atoms with Crippen LogP contribution < -0.4 is 5.32 Å². The van der Waals surface area contributed by atoms with Gasteiger partial charge < -0.3 is 10.1 Å². The molecule has 1 aliphatic rings. The number of nitrogens with one attached hydrogen (secondary N) is 1. The van der Waals surface area contributed by atoms with E-state index < -0.39 is 0 Å². The van der Waals surface area contributed by atoms with E-state index in [0.29, 0.717) is 11.4 Å². The van der Waals surface area contributed by atoms with E-state index in [1.165, 1.54) is 29.7 Å². The molecule has 0 bridgehead atoms. The largest absolute Gasteiger partial charge is 0.380 e. The fraction of sp³-hybridized carbons (Fsp3) is 0.600. The monoisotopic (exact) mass is 265 g/mol. The fourth-order valence-electron chi connectivity index (χ4n) is 2.44. The van der Waals surface area contributed by atoms with Gasteiger partial charge in [-0.1, -0.05) is 24.3 Å². The molecule has 1 heterocycles. The summed E-state index contributed by atoms with van der Waals surface area (Å²) in [6.45, 7) is 5.13. The Morgan fingerprint density at radius 3 is 2.94 bits per heavy atom. The van der Waals surface area contributed by atoms with Crippen LogP contribution in [-0.2, 0) is 17.9 Å². The third kappa shape index (κ3) is 4.01. The minimum atomic E-state index is 0.449. The van der Waals surface area contributed by atoms with E-state index in [0.717, 1.165) is 13.1 Å². The summed E-state index contributed by atoms with van der Waals surface area (Å²) in [6, 6.07) is 8.62. The molecule has 0 spiro atoms. The van der Waals surface area contributed by atoms with E-state index in [-0.39, 0.29) is 0 Å². The predicted octanol–water partition coefficient (Wildman–Crippen LogP) is 3.21. The van der Waals surface area contributed by atoms with Crippen LogP contribution in [0.25, 0.3) is 0 Å². The van der Waals surface area contributed by atoms with Crippen molar-refractivity contribution in [3.8, 4) is 0 Å². The van der Waals surface area contributed by atoms with Gasteiger partial charge in [-0.05, 0) is 36.6 Å². The highest BCUT2D eigenvalue weighted by Crippen LogP contribution is 2.36. The maximum atomic E-state index is 5.16. The molecule has 2 rings (SSSR count). The molecule has 1 fully saturated rings. The van der Waals surface area contributed by atoms with Gasteiger partial charge in [0.25, 0.3) is 0 Å². The summed E-state index contributed by atoms with van der Waals surface area (Å²) < 4.78 is 5.61. The zero-order valence-electron chi connectivity index (χ0n) is 11.4. The Morgan fingerprint density at radius 2 is 2.22 bits per heavy atom. The molecule has 1 atom stereocenters. The topological polar surface area (TPSA) is 21.3 Å². The Hall–Kier alpha value is -0.510. The lowest BCUT2D eigenvalue weighted by Gasteiger charge is -2.23. The molecule has 3 heteroatoms. The van der Waals surface area contributed by atoms with Gasteiger partial charge >= 0.3 is 0 Å². The van der Waals surface area contributed by atoms with Gasteiger partial charge in [-0.15, -0.1) is 0 Å². The Kier molecular flexibility index (Phi) is 5.10. The van der Waals surface area contributed by atoms with E-state index >= 15 is 0 Å². The van der Waals surface area contributed by atoms with Crippen LogP contribution in [0.3, 0.4) is 0 Å². The lowest BCUT2D eigenvalue weighted by molar-refractivity contribution is 0.185. The van der Waals surface area contributed by atoms with Crippen molar-refractivity contribution in [2.45, 2.75) is 37.7 Å². The van der Waals surface area contributed by atoms with E-state index in [9.17, 15) is 0 Å². The van der Waals surface area contributed by atoms with Crippen LogP contribution in [0.5, 0.6) is 0 Å². The molecule has 1 aliphatic heterocycles. The number of ether oxygens (including phenoxy) is 1. The zero-order valence-corrected chi connectivity index (χ0v) is 12.2. The van der Waals surface area contributed by atoms with Gasteiger partial charge in [-0.2, -0.15) is 11.8 Å². The van der Waals surface area contributed by atoms with Gasteiger partial charge in [0, 0.05) is 24.9 Å². The number of rotatable bonds is 6. The lowest BCUT2D eigenvalue weighted by Crippen LogP contribution is -2.32. The summed E-state index contributed by atoms with van der Waals surface area (Å²) in [7, 11) is 1.74. The molecule has 1 saturated heterocycles. The first-order valence-corrected chi connectivity index (χ1v) is 7.62. The van der Waals surface area contributed by atoms with Crippen molar-refractivity contribution >= 4 is 11.8 Å². The Morgan fingerprint density at radius 1 is 1.39 bits per heavy atom. The number of hydrogen-bond donors (Lipinski definition) is 1. The van der Waals surface area contributed by atoms with Crippen LogP contribution in [0.4, 0.5) is 0 Å². The molecule has 1 unspecified atom stereocenters. The molecule has 1 aromatic rings. The van der Waals surface area contributed by atoms with Gasteiger partial charge in [0.15, 0.2) is 0 Å². The summed E-state index contributed by atoms with van der Waals surface area (Å²) in [6.07, 6.45) is 2.71. The molecular formula is C15H23NOS. The molecule has 2 nitrogen and oxygen atoms in total. The molecular weight excluding hydrogens is 242 g/mol. The van der Waals surface area contributed by atoms with Crippen LogP contribution in [0.15, 0.2) is 24.3 Å². The molecule has 0 radical (unpaired) electrons. The van der Waals surface area contributed by atoms with E-state index in [2.05, 4.69) is 48.3 Å². The first-order valence-electron chi connectivity index (χ1n) is 6.63. The lowest BCUT2D eigenvalue weighted by atomic mass is 10.1. The van der Waals surface area contributed by atoms with Crippen LogP contribution in [0.2, 0.25) is 0 Å². The Bertz CT molecular complexity index is 375. The van der Waals surface area contributed by atoms with E-state index in [4.69, 9.17) is 4.74 Å². The number of thioether (sulfide) groups is 1. The van der Waals surface area contributed by atoms with Gasteiger partial charge in [-0.3, -0.25) is 0 Å². The minimum Gasteiger partial charge on any atom is -0.380 e. The average Bonchev–Trinajstić information content (AvgIpc) is 2.77. The van der Waals surface area contributed by atoms with E-state index in [1.807, 2.05) is 0 Å². The maximum absolute atomic E-state index is 5.16. The van der Waals surface area contributed by atoms with Gasteiger partial charge in [-0.25, -0.2) is 0 Å². The summed E-state index contributed by atoms with van der Waals surface area (Å²) in [4.78, 5) is 0. The summed E-state index contributed by atoms with van der Waals surface area (Å²) in [5.74, 6) is 1.32. The van der Waals surface area contributed by atoms with Crippen molar-refractivity contribution in [3.05, 3.63) is 35.4 Å². The normalized spacial score (nSPS) is 23.4. The molecule has 0 saturated carbocycles. The maximum Gasteiger partial charge on any atom is 0.0713 e. The van der Waals surface area contributed by atoms with Crippen LogP contribution in [0, 0.1) is 0 Å². The second kappa shape index (κ2) is 6.60. The van der Waals surface area contributed by atoms with Crippen LogP contribution >= 0.6 is 11.8 Å². The first-order chi connectivity index (χ1) is 8.72. The van der Waals surface area contributed by atoms with Gasteiger partial charge in [0.05, 0.1) is 6.61 Å². The number of methoxy groups -OCH3 is 1. The SMILES string of the molecule is COCc1cccc(CNCC2(C)CCCS2)c1. The summed E-state index contributed by atoms with van der Waals surface area (Å²) in [5, 5.41) is 3.59. The van der Waals surface area contributed by atoms with Crippen molar-refractivity contribution in [2.75, 3.05) is 19.4 Å². The molecule has 0 aromatic heterocycles. The number of benzene rings is 1. The van der Waals surface area contributed by atoms with Gasteiger partial charge in [0.1, 0.15) is 0 Å². The second-order valence-electron chi connectivity index (χ2n) is 5.26. The Balaban J connectivity index is 1.80. The highest BCUT2D eigenvalue weighted by molar-refractivity contribution is 8.00. The molecule has 100 valence electrons. The second-order valence-corrected chi connectivity index (χ2v) is 6.94. The van der Waals surface area contributed by atoms with Crippen LogP contribution in [-0.4, -0.2) is 24.2 Å². The van der Waals surface area contributed by atoms with Crippen molar-refractivity contribution < 1.29 is 4.74 Å². The summed E-state index contributed by atoms with van der Waals surface area (Å²) >= 11 is 2.11.